The maximum Gasteiger partial charge on any atom is 0.319 e. The van der Waals surface area contributed by atoms with Crippen LogP contribution in [-0.2, 0) is 13.2 Å². The van der Waals surface area contributed by atoms with Gasteiger partial charge in [0, 0.05) is 24.5 Å². The number of carbonyl (C=O) groups is 1. The van der Waals surface area contributed by atoms with E-state index >= 15 is 0 Å². The van der Waals surface area contributed by atoms with Gasteiger partial charge in [0.25, 0.3) is 0 Å². The highest BCUT2D eigenvalue weighted by molar-refractivity contribution is 5.89. The molecule has 2 amide bonds. The molecule has 0 aliphatic heterocycles. The molecular formula is C21H20FN3O2. The Bertz CT molecular complexity index is 899. The highest BCUT2D eigenvalue weighted by Crippen LogP contribution is 2.16. The number of urea groups is 1. The molecule has 0 bridgehead atoms. The van der Waals surface area contributed by atoms with Crippen LogP contribution < -0.4 is 15.4 Å². The Morgan fingerprint density at radius 1 is 1.11 bits per heavy atom. The second kappa shape index (κ2) is 8.80. The van der Waals surface area contributed by atoms with Gasteiger partial charge >= 0.3 is 6.03 Å². The molecule has 5 nitrogen and oxygen atoms in total. The summed E-state index contributed by atoms with van der Waals surface area (Å²) in [6, 6.07) is 15.4. The first-order valence-electron chi connectivity index (χ1n) is 8.52. The molecule has 0 spiro atoms. The second-order valence-electron chi connectivity index (χ2n) is 6.08. The molecule has 6 heteroatoms. The number of hydrogen-bond acceptors (Lipinski definition) is 3. The molecule has 0 saturated heterocycles. The minimum atomic E-state index is -0.463. The third-order valence-corrected chi connectivity index (χ3v) is 3.88. The Hall–Kier alpha value is -3.41. The van der Waals surface area contributed by atoms with Gasteiger partial charge in [-0.2, -0.15) is 0 Å². The lowest BCUT2D eigenvalue weighted by Gasteiger charge is -2.10. The first kappa shape index (κ1) is 18.4. The van der Waals surface area contributed by atoms with Crippen LogP contribution in [0.3, 0.4) is 0 Å². The van der Waals surface area contributed by atoms with E-state index in [1.807, 2.05) is 36.4 Å². The van der Waals surface area contributed by atoms with Crippen LogP contribution in [0.15, 0.2) is 67.0 Å². The number of aromatic nitrogens is 1. The number of rotatable bonds is 6. The third kappa shape index (κ3) is 5.54. The molecule has 3 aromatic rings. The molecule has 1 heterocycles. The number of anilines is 1. The Morgan fingerprint density at radius 3 is 2.63 bits per heavy atom. The predicted molar refractivity (Wildman–Crippen MR) is 102 cm³/mol. The number of halogens is 1. The molecule has 0 radical (unpaired) electrons. The minimum absolute atomic E-state index is 0.150. The van der Waals surface area contributed by atoms with Crippen molar-refractivity contribution in [3.63, 3.8) is 0 Å². The monoisotopic (exact) mass is 365 g/mol. The number of benzene rings is 2. The van der Waals surface area contributed by atoms with Gasteiger partial charge in [-0.05, 0) is 48.4 Å². The van der Waals surface area contributed by atoms with Gasteiger partial charge in [-0.3, -0.25) is 4.98 Å². The van der Waals surface area contributed by atoms with E-state index in [0.717, 1.165) is 22.4 Å². The minimum Gasteiger partial charge on any atom is -0.489 e. The van der Waals surface area contributed by atoms with E-state index < -0.39 is 11.8 Å². The number of nitrogens with one attached hydrogen (secondary N) is 2. The zero-order valence-corrected chi connectivity index (χ0v) is 14.9. The molecule has 0 atom stereocenters. The second-order valence-corrected chi connectivity index (χ2v) is 6.08. The molecular weight excluding hydrogens is 345 g/mol. The summed E-state index contributed by atoms with van der Waals surface area (Å²) in [6.07, 6.45) is 3.47. The zero-order valence-electron chi connectivity index (χ0n) is 14.9. The van der Waals surface area contributed by atoms with Crippen molar-refractivity contribution >= 4 is 11.7 Å². The van der Waals surface area contributed by atoms with Crippen molar-refractivity contribution in [1.29, 1.82) is 0 Å². The molecule has 2 N–H and O–H groups in total. The molecule has 138 valence electrons. The number of hydrogen-bond donors (Lipinski definition) is 2. The number of pyridine rings is 1. The van der Waals surface area contributed by atoms with Crippen molar-refractivity contribution in [3.8, 4) is 5.75 Å². The summed E-state index contributed by atoms with van der Waals surface area (Å²) >= 11 is 0. The summed E-state index contributed by atoms with van der Waals surface area (Å²) in [5.74, 6) is 0.272. The highest BCUT2D eigenvalue weighted by atomic mass is 19.1. The van der Waals surface area contributed by atoms with Crippen LogP contribution >= 0.6 is 0 Å². The molecule has 1 aromatic heterocycles. The van der Waals surface area contributed by atoms with Gasteiger partial charge in [-0.15, -0.1) is 0 Å². The summed E-state index contributed by atoms with van der Waals surface area (Å²) in [7, 11) is 0. The summed E-state index contributed by atoms with van der Waals surface area (Å²) in [4.78, 5) is 16.0. The summed E-state index contributed by atoms with van der Waals surface area (Å²) in [5.41, 5.74) is 2.84. The van der Waals surface area contributed by atoms with Crippen molar-refractivity contribution in [2.45, 2.75) is 20.1 Å². The molecule has 0 aliphatic carbocycles. The summed E-state index contributed by atoms with van der Waals surface area (Å²) in [6.45, 7) is 2.55. The van der Waals surface area contributed by atoms with E-state index in [-0.39, 0.29) is 5.69 Å². The van der Waals surface area contributed by atoms with Gasteiger partial charge in [0.15, 0.2) is 0 Å². The number of nitrogens with zero attached hydrogens (tertiary/aromatic N) is 1. The lowest BCUT2D eigenvalue weighted by atomic mass is 10.2. The molecule has 27 heavy (non-hydrogen) atoms. The van der Waals surface area contributed by atoms with Gasteiger partial charge in [0.1, 0.15) is 18.2 Å². The van der Waals surface area contributed by atoms with Gasteiger partial charge < -0.3 is 15.4 Å². The Labute approximate surface area is 157 Å². The van der Waals surface area contributed by atoms with Gasteiger partial charge in [-0.25, -0.2) is 9.18 Å². The first-order chi connectivity index (χ1) is 13.1. The standard InChI is InChI=1S/C21H20FN3O2/c1-15-4-9-20(19(22)11-15)25-21(26)24-13-16-5-7-18(8-6-16)27-14-17-3-2-10-23-12-17/h2-12H,13-14H2,1H3,(H2,24,25,26). The summed E-state index contributed by atoms with van der Waals surface area (Å²) < 4.78 is 19.4. The molecule has 3 rings (SSSR count). The average molecular weight is 365 g/mol. The van der Waals surface area contributed by atoms with Crippen molar-refractivity contribution in [1.82, 2.24) is 10.3 Å². The highest BCUT2D eigenvalue weighted by Gasteiger charge is 2.07. The fraction of sp³-hybridized carbons (Fsp3) is 0.143. The predicted octanol–water partition coefficient (Wildman–Crippen LogP) is 4.43. The first-order valence-corrected chi connectivity index (χ1v) is 8.52. The lowest BCUT2D eigenvalue weighted by Crippen LogP contribution is -2.28. The van der Waals surface area contributed by atoms with E-state index in [1.54, 1.807) is 31.5 Å². The maximum absolute atomic E-state index is 13.8. The SMILES string of the molecule is Cc1ccc(NC(=O)NCc2ccc(OCc3cccnc3)cc2)c(F)c1. The average Bonchev–Trinajstić information content (AvgIpc) is 2.68. The van der Waals surface area contributed by atoms with Crippen LogP contribution in [0.4, 0.5) is 14.9 Å². The van der Waals surface area contributed by atoms with Crippen molar-refractivity contribution in [3.05, 3.63) is 89.5 Å². The number of carbonyl (C=O) groups excluding carboxylic acids is 1. The molecule has 0 aliphatic rings. The van der Waals surface area contributed by atoms with E-state index in [4.69, 9.17) is 4.74 Å². The molecule has 0 fully saturated rings. The largest absolute Gasteiger partial charge is 0.489 e. The quantitative estimate of drug-likeness (QED) is 0.679. The number of aryl methyl sites for hydroxylation is 1. The van der Waals surface area contributed by atoms with Gasteiger partial charge in [-0.1, -0.05) is 24.3 Å². The van der Waals surface area contributed by atoms with Crippen LogP contribution in [-0.4, -0.2) is 11.0 Å². The number of ether oxygens (including phenoxy) is 1. The van der Waals surface area contributed by atoms with Crippen molar-refractivity contribution in [2.75, 3.05) is 5.32 Å². The third-order valence-electron chi connectivity index (χ3n) is 3.88. The zero-order chi connectivity index (χ0) is 19.1. The van der Waals surface area contributed by atoms with E-state index in [0.29, 0.717) is 13.2 Å². The Kier molecular flexibility index (Phi) is 5.99. The topological polar surface area (TPSA) is 63.2 Å². The van der Waals surface area contributed by atoms with E-state index in [1.165, 1.54) is 6.07 Å². The molecule has 0 saturated carbocycles. The normalized spacial score (nSPS) is 10.3. The van der Waals surface area contributed by atoms with E-state index in [2.05, 4.69) is 15.6 Å². The molecule has 2 aromatic carbocycles. The van der Waals surface area contributed by atoms with Crippen LogP contribution in [0.2, 0.25) is 0 Å². The fourth-order valence-electron chi connectivity index (χ4n) is 2.42. The fourth-order valence-corrected chi connectivity index (χ4v) is 2.42. The summed E-state index contributed by atoms with van der Waals surface area (Å²) in [5, 5.41) is 5.20. The van der Waals surface area contributed by atoms with Crippen molar-refractivity contribution in [2.24, 2.45) is 0 Å². The number of amides is 2. The van der Waals surface area contributed by atoms with Crippen molar-refractivity contribution < 1.29 is 13.9 Å². The van der Waals surface area contributed by atoms with Gasteiger partial charge in [0.05, 0.1) is 5.69 Å². The molecule has 0 unspecified atom stereocenters. The Morgan fingerprint density at radius 2 is 1.93 bits per heavy atom. The van der Waals surface area contributed by atoms with E-state index in [9.17, 15) is 9.18 Å². The van der Waals surface area contributed by atoms with Crippen LogP contribution in [0.1, 0.15) is 16.7 Å². The Balaban J connectivity index is 1.47. The van der Waals surface area contributed by atoms with Crippen LogP contribution in [0, 0.1) is 12.7 Å². The van der Waals surface area contributed by atoms with Crippen LogP contribution in [0.25, 0.3) is 0 Å². The smallest absolute Gasteiger partial charge is 0.319 e. The lowest BCUT2D eigenvalue weighted by molar-refractivity contribution is 0.251. The van der Waals surface area contributed by atoms with Gasteiger partial charge in [0.2, 0.25) is 0 Å². The maximum atomic E-state index is 13.8. The van der Waals surface area contributed by atoms with Crippen LogP contribution in [0.5, 0.6) is 5.75 Å².